The lowest BCUT2D eigenvalue weighted by atomic mass is 9.76. The van der Waals surface area contributed by atoms with Crippen molar-refractivity contribution in [2.24, 2.45) is 17.8 Å². The van der Waals surface area contributed by atoms with Crippen molar-refractivity contribution >= 4 is 22.6 Å². The molecule has 1 aliphatic carbocycles. The quantitative estimate of drug-likeness (QED) is 0.625. The standard InChI is InChI=1S/C26H29FN2O4S/c1-32-26(30)24-22(4-3-20-21-12-18(21)14-33-25(20)24)28-34(31)23-5-2-19(27)11-16(23)10-17-13-29-8-6-15(17)7-9-29/h2-5,11,15,17-18,21,28H,6-10,12-14H2,1H3. The number of nitrogens with zero attached hydrogens (tertiary/aromatic N) is 1. The largest absolute Gasteiger partial charge is 0.492 e. The topological polar surface area (TPSA) is 67.9 Å². The molecule has 2 aromatic rings. The molecule has 6 nitrogen and oxygen atoms in total. The lowest BCUT2D eigenvalue weighted by Gasteiger charge is -2.45. The number of esters is 1. The first kappa shape index (κ1) is 22.0. The van der Waals surface area contributed by atoms with Gasteiger partial charge in [-0.05, 0) is 91.9 Å². The number of fused-ring (bicyclic) bond motifs is 6. The number of carbonyl (C=O) groups is 1. The molecule has 1 N–H and O–H groups in total. The van der Waals surface area contributed by atoms with Crippen LogP contribution in [0.15, 0.2) is 35.2 Å². The SMILES string of the molecule is COC(=O)c1c(NS(=O)c2ccc(F)cc2CC2CN3CCC2CC3)ccc2c1OCC1CC21. The first-order chi connectivity index (χ1) is 16.5. The predicted octanol–water partition coefficient (Wildman–Crippen LogP) is 4.13. The van der Waals surface area contributed by atoms with Crippen LogP contribution in [-0.4, -0.2) is 48.4 Å². The second-order valence-corrected chi connectivity index (χ2v) is 11.2. The van der Waals surface area contributed by atoms with Crippen LogP contribution in [0.2, 0.25) is 0 Å². The monoisotopic (exact) mass is 484 g/mol. The van der Waals surface area contributed by atoms with E-state index >= 15 is 0 Å². The van der Waals surface area contributed by atoms with E-state index in [-0.39, 0.29) is 11.4 Å². The molecule has 0 amide bonds. The van der Waals surface area contributed by atoms with Crippen LogP contribution in [0.3, 0.4) is 0 Å². The molecule has 7 rings (SSSR count). The van der Waals surface area contributed by atoms with Gasteiger partial charge < -0.3 is 19.1 Å². The molecular weight excluding hydrogens is 455 g/mol. The number of rotatable bonds is 6. The van der Waals surface area contributed by atoms with Gasteiger partial charge in [-0.2, -0.15) is 0 Å². The van der Waals surface area contributed by atoms with E-state index < -0.39 is 17.0 Å². The van der Waals surface area contributed by atoms with E-state index in [1.807, 2.05) is 6.07 Å². The Morgan fingerprint density at radius 1 is 1.24 bits per heavy atom. The summed E-state index contributed by atoms with van der Waals surface area (Å²) in [5.41, 5.74) is 2.46. The Morgan fingerprint density at radius 2 is 2.06 bits per heavy atom. The summed E-state index contributed by atoms with van der Waals surface area (Å²) in [5.74, 6) is 1.68. The van der Waals surface area contributed by atoms with Crippen molar-refractivity contribution in [3.8, 4) is 5.75 Å². The Bertz CT molecular complexity index is 1160. The van der Waals surface area contributed by atoms with Crippen molar-refractivity contribution < 1.29 is 22.9 Å². The Kier molecular flexibility index (Phi) is 5.60. The van der Waals surface area contributed by atoms with Crippen molar-refractivity contribution in [2.75, 3.05) is 38.1 Å². The van der Waals surface area contributed by atoms with E-state index in [4.69, 9.17) is 9.47 Å². The molecule has 4 unspecified atom stereocenters. The molecule has 1 saturated carbocycles. The first-order valence-corrected chi connectivity index (χ1v) is 13.2. The molecule has 8 heteroatoms. The number of carbonyl (C=O) groups excluding carboxylic acids is 1. The van der Waals surface area contributed by atoms with Crippen LogP contribution in [0.5, 0.6) is 5.75 Å². The van der Waals surface area contributed by atoms with Gasteiger partial charge >= 0.3 is 5.97 Å². The number of nitrogens with one attached hydrogen (secondary N) is 1. The highest BCUT2D eigenvalue weighted by Crippen LogP contribution is 2.55. The minimum absolute atomic E-state index is 0.278. The highest BCUT2D eigenvalue weighted by molar-refractivity contribution is 7.86. The number of hydrogen-bond acceptors (Lipinski definition) is 5. The Hall–Kier alpha value is -2.45. The molecule has 0 spiro atoms. The Morgan fingerprint density at radius 3 is 2.79 bits per heavy atom. The van der Waals surface area contributed by atoms with Crippen molar-refractivity contribution in [1.29, 1.82) is 0 Å². The molecule has 3 saturated heterocycles. The van der Waals surface area contributed by atoms with Crippen molar-refractivity contribution in [3.05, 3.63) is 52.8 Å². The molecule has 180 valence electrons. The molecule has 34 heavy (non-hydrogen) atoms. The smallest absolute Gasteiger partial charge is 0.343 e. The van der Waals surface area contributed by atoms with Gasteiger partial charge in [-0.1, -0.05) is 6.07 Å². The zero-order valence-corrected chi connectivity index (χ0v) is 20.0. The van der Waals surface area contributed by atoms with E-state index in [1.54, 1.807) is 12.1 Å². The highest BCUT2D eigenvalue weighted by Gasteiger charge is 2.45. The second-order valence-electron chi connectivity index (χ2n) is 10.0. The number of methoxy groups -OCH3 is 1. The summed E-state index contributed by atoms with van der Waals surface area (Å²) in [6.45, 7) is 3.87. The fourth-order valence-electron chi connectivity index (χ4n) is 6.08. The summed E-state index contributed by atoms with van der Waals surface area (Å²) in [6, 6.07) is 8.18. The summed E-state index contributed by atoms with van der Waals surface area (Å²) in [5, 5.41) is 0. The highest BCUT2D eigenvalue weighted by atomic mass is 32.2. The van der Waals surface area contributed by atoms with Crippen molar-refractivity contribution in [1.82, 2.24) is 4.90 Å². The van der Waals surface area contributed by atoms with Gasteiger partial charge in [0.2, 0.25) is 0 Å². The van der Waals surface area contributed by atoms with E-state index in [9.17, 15) is 13.4 Å². The molecule has 2 bridgehead atoms. The van der Waals surface area contributed by atoms with Gasteiger partial charge in [0.25, 0.3) is 0 Å². The minimum atomic E-state index is -1.68. The van der Waals surface area contributed by atoms with Crippen molar-refractivity contribution in [2.45, 2.75) is 36.5 Å². The third kappa shape index (κ3) is 3.90. The Balaban J connectivity index is 1.30. The van der Waals surface area contributed by atoms with Gasteiger partial charge in [-0.15, -0.1) is 0 Å². The number of hydrogen-bond donors (Lipinski definition) is 1. The van der Waals surface area contributed by atoms with Crippen LogP contribution in [0.25, 0.3) is 0 Å². The normalized spacial score (nSPS) is 29.4. The van der Waals surface area contributed by atoms with Gasteiger partial charge in [0.05, 0.1) is 24.3 Å². The molecule has 4 aliphatic heterocycles. The van der Waals surface area contributed by atoms with Gasteiger partial charge in [-0.25, -0.2) is 13.4 Å². The lowest BCUT2D eigenvalue weighted by Crippen LogP contribution is -2.48. The second kappa shape index (κ2) is 8.64. The minimum Gasteiger partial charge on any atom is -0.492 e. The summed E-state index contributed by atoms with van der Waals surface area (Å²) in [7, 11) is -0.351. The van der Waals surface area contributed by atoms with Crippen molar-refractivity contribution in [3.63, 3.8) is 0 Å². The van der Waals surface area contributed by atoms with E-state index in [0.717, 1.165) is 37.2 Å². The lowest BCUT2D eigenvalue weighted by molar-refractivity contribution is 0.0509. The zero-order valence-electron chi connectivity index (χ0n) is 19.2. The summed E-state index contributed by atoms with van der Waals surface area (Å²) in [6.07, 6.45) is 4.11. The van der Waals surface area contributed by atoms with Gasteiger partial charge in [0.15, 0.2) is 11.0 Å². The predicted molar refractivity (Wildman–Crippen MR) is 127 cm³/mol. The molecule has 4 atom stereocenters. The maximum atomic E-state index is 14.2. The van der Waals surface area contributed by atoms with Crippen LogP contribution in [0, 0.1) is 23.6 Å². The molecular formula is C26H29FN2O4S. The molecule has 4 fully saturated rings. The average molecular weight is 485 g/mol. The first-order valence-electron chi connectivity index (χ1n) is 12.1. The zero-order chi connectivity index (χ0) is 23.4. The van der Waals surface area contributed by atoms with Crippen LogP contribution in [0.4, 0.5) is 10.1 Å². The molecule has 0 aromatic heterocycles. The average Bonchev–Trinajstić information content (AvgIpc) is 3.64. The third-order valence-electron chi connectivity index (χ3n) is 8.04. The maximum absolute atomic E-state index is 14.2. The fourth-order valence-corrected chi connectivity index (χ4v) is 7.14. The van der Waals surface area contributed by atoms with Gasteiger partial charge in [0.1, 0.15) is 17.1 Å². The van der Waals surface area contributed by atoms with Gasteiger partial charge in [-0.3, -0.25) is 0 Å². The van der Waals surface area contributed by atoms with Crippen LogP contribution < -0.4 is 9.46 Å². The number of benzene rings is 2. The molecule has 2 aromatic carbocycles. The molecule has 0 radical (unpaired) electrons. The van der Waals surface area contributed by atoms with E-state index in [0.29, 0.717) is 53.0 Å². The van der Waals surface area contributed by atoms with E-state index in [2.05, 4.69) is 9.62 Å². The number of halogens is 1. The number of ether oxygens (including phenoxy) is 2. The maximum Gasteiger partial charge on any atom is 0.343 e. The van der Waals surface area contributed by atoms with E-state index in [1.165, 1.54) is 32.1 Å². The third-order valence-corrected chi connectivity index (χ3v) is 9.24. The number of anilines is 1. The number of piperidine rings is 3. The Labute approximate surface area is 201 Å². The van der Waals surface area contributed by atoms with Gasteiger partial charge in [0, 0.05) is 12.5 Å². The summed E-state index contributed by atoms with van der Waals surface area (Å²) in [4.78, 5) is 15.7. The summed E-state index contributed by atoms with van der Waals surface area (Å²) >= 11 is 0. The molecule has 5 aliphatic rings. The molecule has 4 heterocycles. The van der Waals surface area contributed by atoms with Crippen LogP contribution in [0.1, 0.15) is 46.7 Å². The summed E-state index contributed by atoms with van der Waals surface area (Å²) < 4.78 is 41.7. The van der Waals surface area contributed by atoms with Crippen LogP contribution >= 0.6 is 0 Å². The van der Waals surface area contributed by atoms with Crippen LogP contribution in [-0.2, 0) is 22.1 Å². The fraction of sp³-hybridized carbons (Fsp3) is 0.500.